The maximum atomic E-state index is 6.17. The maximum Gasteiger partial charge on any atom is 0.0997 e. The third-order valence-electron chi connectivity index (χ3n) is 2.67. The molecular weight excluding hydrogens is 271 g/mol. The summed E-state index contributed by atoms with van der Waals surface area (Å²) in [4.78, 5) is 0. The second kappa shape index (κ2) is 6.18. The van der Waals surface area contributed by atoms with Crippen molar-refractivity contribution >= 4 is 23.2 Å². The van der Waals surface area contributed by atoms with E-state index < -0.39 is 0 Å². The Labute approximate surface area is 116 Å². The number of hydrogen-bond donors (Lipinski definition) is 2. The van der Waals surface area contributed by atoms with Crippen LogP contribution in [0.2, 0.25) is 10.0 Å². The molecular formula is C12H14Cl2N4. The highest BCUT2D eigenvalue weighted by Gasteiger charge is 2.15. The Bertz CT molecular complexity index is 499. The van der Waals surface area contributed by atoms with Crippen molar-refractivity contribution in [3.05, 3.63) is 45.7 Å². The van der Waals surface area contributed by atoms with Crippen molar-refractivity contribution < 1.29 is 0 Å². The van der Waals surface area contributed by atoms with E-state index in [2.05, 4.69) is 20.7 Å². The van der Waals surface area contributed by atoms with Crippen molar-refractivity contribution in [3.8, 4) is 0 Å². The summed E-state index contributed by atoms with van der Waals surface area (Å²) in [6.45, 7) is 2.89. The van der Waals surface area contributed by atoms with Crippen LogP contribution in [0.4, 0.5) is 0 Å². The first-order valence-corrected chi connectivity index (χ1v) is 6.49. The first-order chi connectivity index (χ1) is 8.70. The van der Waals surface area contributed by atoms with Crippen molar-refractivity contribution in [2.75, 3.05) is 6.54 Å². The zero-order valence-corrected chi connectivity index (χ0v) is 11.5. The second-order valence-corrected chi connectivity index (χ2v) is 4.79. The molecule has 0 fully saturated rings. The zero-order valence-electron chi connectivity index (χ0n) is 9.95. The van der Waals surface area contributed by atoms with Crippen LogP contribution in [0.3, 0.4) is 0 Å². The van der Waals surface area contributed by atoms with Gasteiger partial charge in [-0.25, -0.2) is 0 Å². The number of nitrogens with one attached hydrogen (secondary N) is 2. The van der Waals surface area contributed by atoms with Crippen molar-refractivity contribution in [1.29, 1.82) is 0 Å². The molecule has 18 heavy (non-hydrogen) atoms. The topological polar surface area (TPSA) is 53.6 Å². The number of nitrogens with zero attached hydrogens (tertiary/aromatic N) is 2. The van der Waals surface area contributed by atoms with Crippen LogP contribution in [-0.4, -0.2) is 22.0 Å². The predicted molar refractivity (Wildman–Crippen MR) is 73.0 cm³/mol. The van der Waals surface area contributed by atoms with Crippen molar-refractivity contribution in [3.63, 3.8) is 0 Å². The summed E-state index contributed by atoms with van der Waals surface area (Å²) in [7, 11) is 0. The lowest BCUT2D eigenvalue weighted by Gasteiger charge is -2.16. The van der Waals surface area contributed by atoms with Crippen LogP contribution in [0.15, 0.2) is 24.4 Å². The van der Waals surface area contributed by atoms with Crippen molar-refractivity contribution in [1.82, 2.24) is 20.7 Å². The largest absolute Gasteiger partial charge is 0.309 e. The van der Waals surface area contributed by atoms with Crippen LogP contribution in [0.5, 0.6) is 0 Å². The summed E-state index contributed by atoms with van der Waals surface area (Å²) in [6, 6.07) is 5.55. The fraction of sp³-hybridized carbons (Fsp3) is 0.333. The van der Waals surface area contributed by atoms with Gasteiger partial charge in [0.15, 0.2) is 0 Å². The fourth-order valence-corrected chi connectivity index (χ4v) is 2.22. The van der Waals surface area contributed by atoms with Crippen LogP contribution in [0.25, 0.3) is 0 Å². The van der Waals surface area contributed by atoms with Gasteiger partial charge in [-0.05, 0) is 36.7 Å². The molecule has 4 nitrogen and oxygen atoms in total. The molecule has 1 aromatic carbocycles. The number of H-pyrrole nitrogens is 1. The summed E-state index contributed by atoms with van der Waals surface area (Å²) < 4.78 is 0. The number of likely N-dealkylation sites (N-methyl/N-ethyl adjacent to an activating group) is 1. The number of aromatic amines is 1. The Balaban J connectivity index is 2.21. The van der Waals surface area contributed by atoms with Gasteiger partial charge in [0.1, 0.15) is 0 Å². The van der Waals surface area contributed by atoms with Crippen molar-refractivity contribution in [2.24, 2.45) is 0 Å². The van der Waals surface area contributed by atoms with E-state index in [1.165, 1.54) is 0 Å². The van der Waals surface area contributed by atoms with Gasteiger partial charge in [0, 0.05) is 10.0 Å². The molecule has 96 valence electrons. The molecule has 1 unspecified atom stereocenters. The molecule has 1 atom stereocenters. The van der Waals surface area contributed by atoms with Gasteiger partial charge in [-0.2, -0.15) is 15.4 Å². The smallest absolute Gasteiger partial charge is 0.0997 e. The molecule has 0 amide bonds. The molecule has 6 heteroatoms. The lowest BCUT2D eigenvalue weighted by Crippen LogP contribution is -2.23. The molecule has 2 N–H and O–H groups in total. The lowest BCUT2D eigenvalue weighted by atomic mass is 10.0. The molecule has 0 saturated heterocycles. The fourth-order valence-electron chi connectivity index (χ4n) is 1.83. The van der Waals surface area contributed by atoms with Gasteiger partial charge in [-0.1, -0.05) is 30.1 Å². The number of hydrogen-bond acceptors (Lipinski definition) is 3. The first-order valence-electron chi connectivity index (χ1n) is 5.73. The Morgan fingerprint density at radius 1 is 1.39 bits per heavy atom. The predicted octanol–water partition coefficient (Wildman–Crippen LogP) is 3.00. The molecule has 1 heterocycles. The molecule has 0 radical (unpaired) electrons. The Morgan fingerprint density at radius 3 is 2.89 bits per heavy atom. The zero-order chi connectivity index (χ0) is 13.0. The molecule has 0 aliphatic heterocycles. The SMILES string of the molecule is CCNC(Cc1cc(Cl)ccc1Cl)c1cn[nH]n1. The molecule has 2 rings (SSSR count). The highest BCUT2D eigenvalue weighted by Crippen LogP contribution is 2.25. The molecule has 2 aromatic rings. The van der Waals surface area contributed by atoms with E-state index >= 15 is 0 Å². The number of aromatic nitrogens is 3. The summed E-state index contributed by atoms with van der Waals surface area (Å²) in [5.41, 5.74) is 1.87. The minimum atomic E-state index is 0.0738. The molecule has 0 saturated carbocycles. The number of halogens is 2. The Morgan fingerprint density at radius 2 is 2.22 bits per heavy atom. The summed E-state index contributed by atoms with van der Waals surface area (Å²) in [5, 5.41) is 15.3. The van der Waals surface area contributed by atoms with E-state index in [0.717, 1.165) is 24.2 Å². The van der Waals surface area contributed by atoms with Gasteiger partial charge >= 0.3 is 0 Å². The third kappa shape index (κ3) is 3.22. The number of benzene rings is 1. The Kier molecular flexibility index (Phi) is 4.58. The monoisotopic (exact) mass is 284 g/mol. The van der Waals surface area contributed by atoms with Gasteiger partial charge in [0.2, 0.25) is 0 Å². The van der Waals surface area contributed by atoms with Gasteiger partial charge < -0.3 is 5.32 Å². The van der Waals surface area contributed by atoms with E-state index in [1.54, 1.807) is 12.3 Å². The lowest BCUT2D eigenvalue weighted by molar-refractivity contribution is 0.535. The van der Waals surface area contributed by atoms with E-state index in [-0.39, 0.29) is 6.04 Å². The van der Waals surface area contributed by atoms with E-state index in [9.17, 15) is 0 Å². The molecule has 1 aromatic heterocycles. The highest BCUT2D eigenvalue weighted by molar-refractivity contribution is 6.33. The first kappa shape index (κ1) is 13.3. The minimum absolute atomic E-state index is 0.0738. The summed E-state index contributed by atoms with van der Waals surface area (Å²) in [6.07, 6.45) is 2.44. The van der Waals surface area contributed by atoms with E-state index in [4.69, 9.17) is 23.2 Å². The van der Waals surface area contributed by atoms with Crippen molar-refractivity contribution in [2.45, 2.75) is 19.4 Å². The van der Waals surface area contributed by atoms with Crippen LogP contribution < -0.4 is 5.32 Å². The van der Waals surface area contributed by atoms with Gasteiger partial charge in [0.25, 0.3) is 0 Å². The van der Waals surface area contributed by atoms with Gasteiger partial charge in [-0.3, -0.25) is 0 Å². The average molecular weight is 285 g/mol. The van der Waals surface area contributed by atoms with Gasteiger partial charge in [-0.15, -0.1) is 0 Å². The highest BCUT2D eigenvalue weighted by atomic mass is 35.5. The van der Waals surface area contributed by atoms with Crippen LogP contribution in [-0.2, 0) is 6.42 Å². The molecule has 0 bridgehead atoms. The molecule has 0 spiro atoms. The summed E-state index contributed by atoms with van der Waals surface area (Å²) >= 11 is 12.2. The summed E-state index contributed by atoms with van der Waals surface area (Å²) in [5.74, 6) is 0. The molecule has 0 aliphatic rings. The third-order valence-corrected chi connectivity index (χ3v) is 3.28. The average Bonchev–Trinajstić information content (AvgIpc) is 2.87. The maximum absolute atomic E-state index is 6.17. The quantitative estimate of drug-likeness (QED) is 0.888. The molecule has 0 aliphatic carbocycles. The normalized spacial score (nSPS) is 12.6. The van der Waals surface area contributed by atoms with E-state index in [1.807, 2.05) is 19.1 Å². The van der Waals surface area contributed by atoms with Crippen LogP contribution >= 0.6 is 23.2 Å². The second-order valence-electron chi connectivity index (χ2n) is 3.94. The van der Waals surface area contributed by atoms with Crippen LogP contribution in [0, 0.1) is 0 Å². The minimum Gasteiger partial charge on any atom is -0.309 e. The standard InChI is InChI=1S/C12H14Cl2N4/c1-2-15-11(12-7-16-18-17-12)6-8-5-9(13)3-4-10(8)14/h3-5,7,11,15H,2,6H2,1H3,(H,16,17,18). The van der Waals surface area contributed by atoms with Crippen LogP contribution in [0.1, 0.15) is 24.2 Å². The van der Waals surface area contributed by atoms with Gasteiger partial charge in [0.05, 0.1) is 17.9 Å². The van der Waals surface area contributed by atoms with E-state index in [0.29, 0.717) is 10.0 Å². The number of rotatable bonds is 5. The Hall–Kier alpha value is -1.10.